The minimum absolute atomic E-state index is 0. The molecule has 1 heterocycles. The molecule has 31 heavy (non-hydrogen) atoms. The Kier molecular flexibility index (Phi) is 12.2. The molecule has 0 spiro atoms. The largest absolute Gasteiger partial charge is 0.444 e. The van der Waals surface area contributed by atoms with Gasteiger partial charge in [-0.3, -0.25) is 9.89 Å². The number of guanidine groups is 1. The van der Waals surface area contributed by atoms with Crippen LogP contribution in [0.25, 0.3) is 0 Å². The van der Waals surface area contributed by atoms with Crippen LogP contribution in [0.1, 0.15) is 38.8 Å². The molecule has 1 saturated heterocycles. The van der Waals surface area contributed by atoms with Crippen molar-refractivity contribution in [3.63, 3.8) is 0 Å². The van der Waals surface area contributed by atoms with Gasteiger partial charge < -0.3 is 25.4 Å². The Morgan fingerprint density at radius 2 is 1.94 bits per heavy atom. The van der Waals surface area contributed by atoms with E-state index in [0.29, 0.717) is 31.7 Å². The molecule has 9 heteroatoms. The Hall–Kier alpha value is -1.59. The van der Waals surface area contributed by atoms with Gasteiger partial charge in [-0.1, -0.05) is 24.3 Å². The molecule has 1 fully saturated rings. The maximum absolute atomic E-state index is 11.7. The molecular formula is C22H38IN5O3. The summed E-state index contributed by atoms with van der Waals surface area (Å²) in [5.74, 6) is 0.688. The van der Waals surface area contributed by atoms with E-state index in [1.165, 1.54) is 11.1 Å². The van der Waals surface area contributed by atoms with E-state index in [-0.39, 0.29) is 24.0 Å². The molecule has 0 bridgehead atoms. The fourth-order valence-corrected chi connectivity index (χ4v) is 3.20. The first-order chi connectivity index (χ1) is 14.2. The van der Waals surface area contributed by atoms with Crippen LogP contribution in [-0.4, -0.2) is 68.5 Å². The highest BCUT2D eigenvalue weighted by Gasteiger charge is 2.17. The van der Waals surface area contributed by atoms with E-state index < -0.39 is 11.7 Å². The number of nitrogens with zero attached hydrogens (tertiary/aromatic N) is 2. The maximum atomic E-state index is 11.7. The van der Waals surface area contributed by atoms with Crippen molar-refractivity contribution in [3.8, 4) is 0 Å². The first-order valence-electron chi connectivity index (χ1n) is 10.6. The van der Waals surface area contributed by atoms with Crippen LogP contribution in [0.4, 0.5) is 4.79 Å². The minimum atomic E-state index is -0.496. The normalized spacial score (nSPS) is 17.5. The van der Waals surface area contributed by atoms with Gasteiger partial charge in [-0.15, -0.1) is 24.0 Å². The molecule has 1 aliphatic heterocycles. The molecule has 1 aromatic rings. The molecule has 0 aromatic heterocycles. The summed E-state index contributed by atoms with van der Waals surface area (Å²) >= 11 is 0. The van der Waals surface area contributed by atoms with Gasteiger partial charge in [0.05, 0.1) is 12.7 Å². The monoisotopic (exact) mass is 547 g/mol. The van der Waals surface area contributed by atoms with E-state index in [9.17, 15) is 4.79 Å². The first-order valence-corrected chi connectivity index (χ1v) is 10.6. The van der Waals surface area contributed by atoms with Gasteiger partial charge in [-0.05, 0) is 38.8 Å². The molecule has 1 aromatic carbocycles. The molecule has 1 unspecified atom stereocenters. The summed E-state index contributed by atoms with van der Waals surface area (Å²) < 4.78 is 10.8. The van der Waals surface area contributed by atoms with E-state index in [1.807, 2.05) is 20.8 Å². The van der Waals surface area contributed by atoms with E-state index in [2.05, 4.69) is 57.0 Å². The summed E-state index contributed by atoms with van der Waals surface area (Å²) in [5.41, 5.74) is 2.00. The molecule has 0 radical (unpaired) electrons. The third kappa shape index (κ3) is 11.6. The second-order valence-electron chi connectivity index (χ2n) is 8.52. The number of hydrogen-bond acceptors (Lipinski definition) is 5. The zero-order valence-electron chi connectivity index (χ0n) is 19.4. The van der Waals surface area contributed by atoms with Crippen molar-refractivity contribution in [3.05, 3.63) is 35.4 Å². The highest BCUT2D eigenvalue weighted by molar-refractivity contribution is 14.0. The molecule has 8 nitrogen and oxygen atoms in total. The topological polar surface area (TPSA) is 87.2 Å². The summed E-state index contributed by atoms with van der Waals surface area (Å²) in [5, 5.41) is 9.22. The van der Waals surface area contributed by atoms with Crippen LogP contribution < -0.4 is 16.0 Å². The Bertz CT molecular complexity index is 709. The number of nitrogens with one attached hydrogen (secondary N) is 3. The van der Waals surface area contributed by atoms with Crippen molar-refractivity contribution in [2.45, 2.75) is 52.5 Å². The Morgan fingerprint density at radius 1 is 1.23 bits per heavy atom. The Labute approximate surface area is 203 Å². The van der Waals surface area contributed by atoms with Gasteiger partial charge in [0.1, 0.15) is 5.60 Å². The summed E-state index contributed by atoms with van der Waals surface area (Å²) in [6.45, 7) is 13.0. The fraction of sp³-hybridized carbons (Fsp3) is 0.636. The first kappa shape index (κ1) is 27.4. The number of ether oxygens (including phenoxy) is 2. The average molecular weight is 547 g/mol. The Morgan fingerprint density at radius 3 is 2.61 bits per heavy atom. The van der Waals surface area contributed by atoms with Crippen LogP contribution in [0.5, 0.6) is 0 Å². The Balaban J connectivity index is 0.00000480. The zero-order chi connectivity index (χ0) is 22.0. The number of carbonyl (C=O) groups excluding carboxylic acids is 1. The van der Waals surface area contributed by atoms with Gasteiger partial charge in [0.2, 0.25) is 0 Å². The van der Waals surface area contributed by atoms with E-state index >= 15 is 0 Å². The SMILES string of the molecule is CN=C(NCCNC(=O)OC(C)(C)C)NCc1cccc(CN2CCOC(C)C2)c1.I. The minimum Gasteiger partial charge on any atom is -0.444 e. The number of morpholine rings is 1. The predicted molar refractivity (Wildman–Crippen MR) is 135 cm³/mol. The third-order valence-corrected chi connectivity index (χ3v) is 4.49. The number of hydrogen-bond donors (Lipinski definition) is 3. The second kappa shape index (κ2) is 13.7. The molecule has 1 aliphatic rings. The summed E-state index contributed by atoms with van der Waals surface area (Å²) in [6, 6.07) is 8.59. The van der Waals surface area contributed by atoms with Gasteiger partial charge in [0.25, 0.3) is 0 Å². The summed E-state index contributed by atoms with van der Waals surface area (Å²) in [6.07, 6.45) is -0.124. The number of amides is 1. The van der Waals surface area contributed by atoms with Gasteiger partial charge in [-0.25, -0.2) is 4.79 Å². The smallest absolute Gasteiger partial charge is 0.407 e. The van der Waals surface area contributed by atoms with Gasteiger partial charge >= 0.3 is 6.09 Å². The summed E-state index contributed by atoms with van der Waals surface area (Å²) in [4.78, 5) is 18.3. The summed E-state index contributed by atoms with van der Waals surface area (Å²) in [7, 11) is 1.73. The van der Waals surface area contributed by atoms with Crippen LogP contribution in [0.3, 0.4) is 0 Å². The lowest BCUT2D eigenvalue weighted by Gasteiger charge is -2.31. The maximum Gasteiger partial charge on any atom is 0.407 e. The highest BCUT2D eigenvalue weighted by Crippen LogP contribution is 2.12. The third-order valence-electron chi connectivity index (χ3n) is 4.49. The molecule has 176 valence electrons. The van der Waals surface area contributed by atoms with Crippen LogP contribution >= 0.6 is 24.0 Å². The quantitative estimate of drug-likeness (QED) is 0.211. The molecule has 1 atom stereocenters. The molecule has 2 rings (SSSR count). The van der Waals surface area contributed by atoms with Crippen LogP contribution in [0.2, 0.25) is 0 Å². The predicted octanol–water partition coefficient (Wildman–Crippen LogP) is 2.72. The van der Waals surface area contributed by atoms with Crippen LogP contribution in [0, 0.1) is 0 Å². The molecule has 3 N–H and O–H groups in total. The van der Waals surface area contributed by atoms with Crippen molar-refractivity contribution < 1.29 is 14.3 Å². The van der Waals surface area contributed by atoms with Crippen molar-refractivity contribution in [2.24, 2.45) is 4.99 Å². The molecular weight excluding hydrogens is 509 g/mol. The molecule has 0 saturated carbocycles. The van der Waals surface area contributed by atoms with Gasteiger partial charge in [0, 0.05) is 46.3 Å². The average Bonchev–Trinajstić information content (AvgIpc) is 2.66. The number of rotatable bonds is 7. The van der Waals surface area contributed by atoms with Crippen molar-refractivity contribution in [1.82, 2.24) is 20.9 Å². The van der Waals surface area contributed by atoms with Crippen molar-refractivity contribution in [1.29, 1.82) is 0 Å². The molecule has 0 aliphatic carbocycles. The van der Waals surface area contributed by atoms with Crippen molar-refractivity contribution in [2.75, 3.05) is 39.8 Å². The standard InChI is InChI=1S/C22H37N5O3.HI/c1-17-15-27(11-12-29-17)16-19-8-6-7-18(13-19)14-26-20(23-5)24-9-10-25-21(28)30-22(2,3)4;/h6-8,13,17H,9-12,14-16H2,1-5H3,(H,25,28)(H2,23,24,26);1H. The lowest BCUT2D eigenvalue weighted by atomic mass is 10.1. The molecule has 1 amide bonds. The van der Waals surface area contributed by atoms with E-state index in [0.717, 1.165) is 26.2 Å². The van der Waals surface area contributed by atoms with Crippen molar-refractivity contribution >= 4 is 36.0 Å². The number of aliphatic imine (C=N–C) groups is 1. The zero-order valence-corrected chi connectivity index (χ0v) is 21.7. The lowest BCUT2D eigenvalue weighted by molar-refractivity contribution is -0.0212. The number of benzene rings is 1. The van der Waals surface area contributed by atoms with Crippen LogP contribution in [0.15, 0.2) is 29.3 Å². The number of halogens is 1. The van der Waals surface area contributed by atoms with Gasteiger partial charge in [-0.2, -0.15) is 0 Å². The van der Waals surface area contributed by atoms with E-state index in [1.54, 1.807) is 7.05 Å². The second-order valence-corrected chi connectivity index (χ2v) is 8.52. The van der Waals surface area contributed by atoms with Gasteiger partial charge in [0.15, 0.2) is 5.96 Å². The highest BCUT2D eigenvalue weighted by atomic mass is 127. The van der Waals surface area contributed by atoms with Crippen LogP contribution in [-0.2, 0) is 22.6 Å². The number of carbonyl (C=O) groups is 1. The van der Waals surface area contributed by atoms with E-state index in [4.69, 9.17) is 9.47 Å². The number of alkyl carbamates (subject to hydrolysis) is 1. The fourth-order valence-electron chi connectivity index (χ4n) is 3.20. The lowest BCUT2D eigenvalue weighted by Crippen LogP contribution is -2.42.